The number of rotatable bonds is 1. The number of carbonyl (C=O) groups excluding carboxylic acids is 1. The van der Waals surface area contributed by atoms with Crippen molar-refractivity contribution in [1.82, 2.24) is 0 Å². The van der Waals surface area contributed by atoms with Crippen molar-refractivity contribution in [3.05, 3.63) is 11.6 Å². The second kappa shape index (κ2) is 2.54. The summed E-state index contributed by atoms with van der Waals surface area (Å²) in [6.07, 6.45) is 4.74. The van der Waals surface area contributed by atoms with Gasteiger partial charge in [-0.2, -0.15) is 0 Å². The van der Waals surface area contributed by atoms with Gasteiger partial charge in [0.15, 0.2) is 5.78 Å². The quantitative estimate of drug-likeness (QED) is 0.711. The molecule has 0 heterocycles. The Morgan fingerprint density at radius 2 is 2.20 bits per heavy atom. The largest absolute Gasteiger partial charge is 0.396 e. The molecule has 0 aromatic carbocycles. The van der Waals surface area contributed by atoms with Crippen molar-refractivity contribution in [2.75, 3.05) is 6.61 Å². The lowest BCUT2D eigenvalue weighted by atomic mass is 9.64. The van der Waals surface area contributed by atoms with Gasteiger partial charge in [0.2, 0.25) is 0 Å². The van der Waals surface area contributed by atoms with Crippen LogP contribution in [-0.2, 0) is 4.79 Å². The Hall–Kier alpha value is -0.630. The molecule has 3 rings (SSSR count). The molecule has 2 heteroatoms. The van der Waals surface area contributed by atoms with Gasteiger partial charge in [-0.15, -0.1) is 0 Å². The molecule has 2 saturated carbocycles. The molecule has 2 fully saturated rings. The van der Waals surface area contributed by atoms with Crippen LogP contribution in [0, 0.1) is 22.7 Å². The molecule has 3 aliphatic carbocycles. The van der Waals surface area contributed by atoms with Gasteiger partial charge in [0.1, 0.15) is 0 Å². The molecule has 3 aliphatic rings. The molecule has 82 valence electrons. The predicted octanol–water partition coefficient (Wildman–Crippen LogP) is 1.93. The average Bonchev–Trinajstić information content (AvgIpc) is 2.74. The zero-order chi connectivity index (χ0) is 10.8. The number of hydrogen-bond acceptors (Lipinski definition) is 2. The van der Waals surface area contributed by atoms with Crippen LogP contribution in [0.3, 0.4) is 0 Å². The first-order valence-corrected chi connectivity index (χ1v) is 5.86. The van der Waals surface area contributed by atoms with Gasteiger partial charge >= 0.3 is 0 Å². The summed E-state index contributed by atoms with van der Waals surface area (Å²) >= 11 is 0. The van der Waals surface area contributed by atoms with Crippen LogP contribution in [-0.4, -0.2) is 17.5 Å². The van der Waals surface area contributed by atoms with Gasteiger partial charge in [0, 0.05) is 13.0 Å². The summed E-state index contributed by atoms with van der Waals surface area (Å²) in [6.45, 7) is 4.76. The lowest BCUT2D eigenvalue weighted by Crippen LogP contribution is -2.33. The molecule has 0 amide bonds. The third-order valence-electron chi connectivity index (χ3n) is 4.95. The minimum Gasteiger partial charge on any atom is -0.396 e. The fourth-order valence-electron chi connectivity index (χ4n) is 4.21. The Labute approximate surface area is 90.4 Å². The van der Waals surface area contributed by atoms with Gasteiger partial charge in [0.05, 0.1) is 0 Å². The summed E-state index contributed by atoms with van der Waals surface area (Å²) in [6, 6.07) is 0. The Balaban J connectivity index is 2.03. The van der Waals surface area contributed by atoms with Crippen molar-refractivity contribution in [3.63, 3.8) is 0 Å². The molecule has 0 bridgehead atoms. The van der Waals surface area contributed by atoms with E-state index in [0.717, 1.165) is 6.42 Å². The summed E-state index contributed by atoms with van der Waals surface area (Å²) in [5, 5.41) is 9.40. The first-order chi connectivity index (χ1) is 6.99. The van der Waals surface area contributed by atoms with E-state index in [1.54, 1.807) is 0 Å². The number of aliphatic hydroxyl groups excluding tert-OH is 1. The molecule has 0 aliphatic heterocycles. The van der Waals surface area contributed by atoms with E-state index in [1.165, 1.54) is 12.0 Å². The van der Waals surface area contributed by atoms with Crippen LogP contribution in [0.25, 0.3) is 0 Å². The first-order valence-electron chi connectivity index (χ1n) is 5.86. The second-order valence-corrected chi connectivity index (χ2v) is 6.14. The van der Waals surface area contributed by atoms with Crippen molar-refractivity contribution in [2.24, 2.45) is 22.7 Å². The van der Waals surface area contributed by atoms with E-state index in [-0.39, 0.29) is 23.2 Å². The van der Waals surface area contributed by atoms with Crippen LogP contribution in [0.4, 0.5) is 0 Å². The minimum absolute atomic E-state index is 0.0617. The van der Waals surface area contributed by atoms with E-state index in [9.17, 15) is 9.90 Å². The summed E-state index contributed by atoms with van der Waals surface area (Å²) < 4.78 is 0. The maximum absolute atomic E-state index is 11.6. The molecule has 0 aromatic rings. The summed E-state index contributed by atoms with van der Waals surface area (Å²) in [5.41, 5.74) is 1.69. The molecule has 0 saturated heterocycles. The number of allylic oxidation sites excluding steroid dienone is 2. The smallest absolute Gasteiger partial charge is 0.156 e. The van der Waals surface area contributed by atoms with Crippen LogP contribution in [0.1, 0.15) is 33.1 Å². The number of hydrogen-bond donors (Lipinski definition) is 1. The zero-order valence-electron chi connectivity index (χ0n) is 9.42. The normalized spacial score (nSPS) is 52.2. The maximum Gasteiger partial charge on any atom is 0.156 e. The summed E-state index contributed by atoms with van der Waals surface area (Å²) in [4.78, 5) is 11.6. The molecular weight excluding hydrogens is 188 g/mol. The van der Waals surface area contributed by atoms with Crippen molar-refractivity contribution in [3.8, 4) is 0 Å². The Morgan fingerprint density at radius 1 is 1.47 bits per heavy atom. The number of fused-ring (bicyclic) bond motifs is 3. The van der Waals surface area contributed by atoms with Crippen molar-refractivity contribution >= 4 is 5.78 Å². The monoisotopic (exact) mass is 206 g/mol. The Bertz CT molecular complexity index is 371. The van der Waals surface area contributed by atoms with E-state index in [4.69, 9.17) is 0 Å². The number of aliphatic hydroxyl groups is 1. The highest BCUT2D eigenvalue weighted by atomic mass is 16.3. The fraction of sp³-hybridized carbons (Fsp3) is 0.769. The lowest BCUT2D eigenvalue weighted by Gasteiger charge is -2.40. The van der Waals surface area contributed by atoms with Gasteiger partial charge in [-0.25, -0.2) is 0 Å². The third kappa shape index (κ3) is 1.06. The molecule has 4 atom stereocenters. The highest BCUT2D eigenvalue weighted by Gasteiger charge is 2.64. The summed E-state index contributed by atoms with van der Waals surface area (Å²) in [7, 11) is 0. The van der Waals surface area contributed by atoms with Crippen LogP contribution in [0.15, 0.2) is 11.6 Å². The molecular formula is C13H18O2. The number of ketones is 1. The standard InChI is InChI=1S/C13H18O2/c1-12-4-8(7-14)10-6-13(10,2)11(12)3-9(15)5-12/h3,8,10,14H,4-7H2,1-2H3/t8?,10-,12-,13-/m0/s1. The van der Waals surface area contributed by atoms with Crippen molar-refractivity contribution < 1.29 is 9.90 Å². The van der Waals surface area contributed by atoms with Crippen LogP contribution in [0.2, 0.25) is 0 Å². The van der Waals surface area contributed by atoms with Gasteiger partial charge in [-0.1, -0.05) is 19.4 Å². The van der Waals surface area contributed by atoms with E-state index in [1.807, 2.05) is 6.08 Å². The van der Waals surface area contributed by atoms with Gasteiger partial charge in [0.25, 0.3) is 0 Å². The Kier molecular flexibility index (Phi) is 1.62. The van der Waals surface area contributed by atoms with Gasteiger partial charge in [-0.05, 0) is 41.6 Å². The highest BCUT2D eigenvalue weighted by molar-refractivity contribution is 5.95. The van der Waals surface area contributed by atoms with Gasteiger partial charge < -0.3 is 5.11 Å². The topological polar surface area (TPSA) is 37.3 Å². The van der Waals surface area contributed by atoms with Gasteiger partial charge in [-0.3, -0.25) is 4.79 Å². The lowest BCUT2D eigenvalue weighted by molar-refractivity contribution is -0.115. The molecule has 2 nitrogen and oxygen atoms in total. The zero-order valence-corrected chi connectivity index (χ0v) is 9.42. The third-order valence-corrected chi connectivity index (χ3v) is 4.95. The minimum atomic E-state index is 0.0617. The Morgan fingerprint density at radius 3 is 2.87 bits per heavy atom. The van der Waals surface area contributed by atoms with Crippen LogP contribution >= 0.6 is 0 Å². The van der Waals surface area contributed by atoms with E-state index in [0.29, 0.717) is 18.3 Å². The molecule has 0 radical (unpaired) electrons. The molecule has 1 unspecified atom stereocenters. The fourth-order valence-corrected chi connectivity index (χ4v) is 4.21. The van der Waals surface area contributed by atoms with E-state index < -0.39 is 0 Å². The van der Waals surface area contributed by atoms with Crippen LogP contribution in [0.5, 0.6) is 0 Å². The van der Waals surface area contributed by atoms with E-state index in [2.05, 4.69) is 13.8 Å². The first kappa shape index (κ1) is 9.59. The molecule has 1 N–H and O–H groups in total. The summed E-state index contributed by atoms with van der Waals surface area (Å²) in [5.74, 6) is 1.34. The molecule has 0 spiro atoms. The van der Waals surface area contributed by atoms with E-state index >= 15 is 0 Å². The highest BCUT2D eigenvalue weighted by Crippen LogP contribution is 2.72. The predicted molar refractivity (Wildman–Crippen MR) is 57.2 cm³/mol. The van der Waals surface area contributed by atoms with Crippen LogP contribution < -0.4 is 0 Å². The maximum atomic E-state index is 11.6. The molecule has 0 aromatic heterocycles. The number of carbonyl (C=O) groups is 1. The van der Waals surface area contributed by atoms with Crippen molar-refractivity contribution in [1.29, 1.82) is 0 Å². The van der Waals surface area contributed by atoms with Crippen molar-refractivity contribution in [2.45, 2.75) is 33.1 Å². The average molecular weight is 206 g/mol. The second-order valence-electron chi connectivity index (χ2n) is 6.14. The molecule has 15 heavy (non-hydrogen) atoms. The SMILES string of the molecule is C[C@]12CC(=O)C=C1[C@@]1(C)C[C@H]1C(CO)C2.